The van der Waals surface area contributed by atoms with Crippen LogP contribution in [0.2, 0.25) is 0 Å². The highest BCUT2D eigenvalue weighted by atomic mass is 79.9. The van der Waals surface area contributed by atoms with Gasteiger partial charge in [0.1, 0.15) is 23.3 Å². The Hall–Kier alpha value is -2.22. The molecule has 24 heavy (non-hydrogen) atoms. The number of rotatable bonds is 3. The summed E-state index contributed by atoms with van der Waals surface area (Å²) in [6.45, 7) is 1.54. The van der Waals surface area contributed by atoms with Gasteiger partial charge in [0.25, 0.3) is 5.78 Å². The van der Waals surface area contributed by atoms with E-state index in [0.29, 0.717) is 6.07 Å². The number of esters is 1. The van der Waals surface area contributed by atoms with E-state index >= 15 is 0 Å². The molecule has 0 N–H and O–H groups in total. The highest BCUT2D eigenvalue weighted by molar-refractivity contribution is 9.10. The molecule has 2 rings (SSSR count). The number of hydrogen-bond donors (Lipinski definition) is 0. The molecule has 0 atom stereocenters. The topological polar surface area (TPSA) is 43.4 Å². The Labute approximate surface area is 143 Å². The van der Waals surface area contributed by atoms with Gasteiger partial charge in [0, 0.05) is 12.1 Å². The van der Waals surface area contributed by atoms with Crippen molar-refractivity contribution in [1.82, 2.24) is 0 Å². The quantitative estimate of drug-likeness (QED) is 0.249. The zero-order valence-electron chi connectivity index (χ0n) is 12.3. The van der Waals surface area contributed by atoms with Gasteiger partial charge in [-0.25, -0.2) is 22.4 Å². The predicted molar refractivity (Wildman–Crippen MR) is 81.4 cm³/mol. The number of hydrogen-bond acceptors (Lipinski definition) is 3. The minimum Gasteiger partial charge on any atom is -0.460 e. The number of ether oxygens (including phenoxy) is 1. The van der Waals surface area contributed by atoms with Crippen LogP contribution in [-0.4, -0.2) is 18.4 Å². The van der Waals surface area contributed by atoms with E-state index in [1.165, 1.54) is 19.1 Å². The molecule has 0 aromatic heterocycles. The lowest BCUT2D eigenvalue weighted by molar-refractivity contribution is -0.137. The van der Waals surface area contributed by atoms with E-state index in [9.17, 15) is 27.2 Å². The lowest BCUT2D eigenvalue weighted by Gasteiger charge is -2.01. The molecule has 0 heterocycles. The van der Waals surface area contributed by atoms with Crippen molar-refractivity contribution in [3.63, 3.8) is 0 Å². The van der Waals surface area contributed by atoms with E-state index in [1.807, 2.05) is 0 Å². The summed E-state index contributed by atoms with van der Waals surface area (Å²) in [5, 5.41) is 0. The van der Waals surface area contributed by atoms with E-state index in [-0.39, 0.29) is 11.1 Å². The molecule has 0 saturated carbocycles. The first-order chi connectivity index (χ1) is 11.3. The van der Waals surface area contributed by atoms with E-state index in [2.05, 4.69) is 20.7 Å². The average Bonchev–Trinajstić information content (AvgIpc) is 2.51. The standard InChI is InChI=1S/C10H8F2O3.C6H3BrF2/c1-2-15-10(14)9(13)7-4-3-6(11)5-8(7)12;7-5-2-1-4(8)3-6(5)9/h3-5H,2H2,1H3;1-3H. The van der Waals surface area contributed by atoms with Crippen LogP contribution in [0.3, 0.4) is 0 Å². The molecule has 8 heteroatoms. The zero-order valence-corrected chi connectivity index (χ0v) is 13.9. The summed E-state index contributed by atoms with van der Waals surface area (Å²) in [4.78, 5) is 22.2. The number of halogens is 5. The first-order valence-corrected chi connectivity index (χ1v) is 7.32. The van der Waals surface area contributed by atoms with Crippen molar-refractivity contribution < 1.29 is 31.9 Å². The van der Waals surface area contributed by atoms with Crippen LogP contribution >= 0.6 is 15.9 Å². The van der Waals surface area contributed by atoms with Crippen molar-refractivity contribution in [2.24, 2.45) is 0 Å². The molecule has 2 aromatic rings. The SMILES string of the molecule is CCOC(=O)C(=O)c1ccc(F)cc1F.Fc1ccc(Br)c(F)c1. The van der Waals surface area contributed by atoms with E-state index in [4.69, 9.17) is 0 Å². The molecule has 0 fully saturated rings. The van der Waals surface area contributed by atoms with Crippen molar-refractivity contribution in [3.8, 4) is 0 Å². The number of Topliss-reactive ketones (excluding diaryl/α,β-unsaturated/α-hetero) is 1. The van der Waals surface area contributed by atoms with E-state index in [1.54, 1.807) is 0 Å². The van der Waals surface area contributed by atoms with Gasteiger partial charge in [-0.05, 0) is 47.1 Å². The second-order valence-corrected chi connectivity index (χ2v) is 5.09. The fourth-order valence-corrected chi connectivity index (χ4v) is 1.70. The van der Waals surface area contributed by atoms with Crippen molar-refractivity contribution in [2.45, 2.75) is 6.92 Å². The Kier molecular flexibility index (Phi) is 7.57. The minimum absolute atomic E-state index is 0.0212. The van der Waals surface area contributed by atoms with Crippen LogP contribution in [0.15, 0.2) is 40.9 Å². The molecule has 0 amide bonds. The van der Waals surface area contributed by atoms with Gasteiger partial charge in [0.05, 0.1) is 16.6 Å². The highest BCUT2D eigenvalue weighted by Gasteiger charge is 2.21. The fraction of sp³-hybridized carbons (Fsp3) is 0.125. The molecule has 128 valence electrons. The number of carbonyl (C=O) groups is 2. The Morgan fingerprint density at radius 1 is 0.958 bits per heavy atom. The van der Waals surface area contributed by atoms with Crippen molar-refractivity contribution in [1.29, 1.82) is 0 Å². The van der Waals surface area contributed by atoms with Gasteiger partial charge in [0.2, 0.25) is 0 Å². The summed E-state index contributed by atoms with van der Waals surface area (Å²) < 4.78 is 54.6. The molecule has 3 nitrogen and oxygen atoms in total. The second-order valence-electron chi connectivity index (χ2n) is 4.23. The van der Waals surface area contributed by atoms with Crippen molar-refractivity contribution in [2.75, 3.05) is 6.61 Å². The van der Waals surface area contributed by atoms with Crippen LogP contribution in [0.1, 0.15) is 17.3 Å². The Morgan fingerprint density at radius 3 is 1.96 bits per heavy atom. The Morgan fingerprint density at radius 2 is 1.50 bits per heavy atom. The molecule has 0 aliphatic rings. The third-order valence-corrected chi connectivity index (χ3v) is 3.16. The van der Waals surface area contributed by atoms with Crippen molar-refractivity contribution in [3.05, 3.63) is 69.7 Å². The third kappa shape index (κ3) is 5.77. The molecule has 0 radical (unpaired) electrons. The largest absolute Gasteiger partial charge is 0.460 e. The van der Waals surface area contributed by atoms with Gasteiger partial charge in [-0.3, -0.25) is 4.79 Å². The summed E-state index contributed by atoms with van der Waals surface area (Å²) in [5.74, 6) is -5.29. The molecule has 0 aliphatic carbocycles. The van der Waals surface area contributed by atoms with Crippen LogP contribution < -0.4 is 0 Å². The smallest absolute Gasteiger partial charge is 0.379 e. The monoisotopic (exact) mass is 406 g/mol. The molecular weight excluding hydrogens is 396 g/mol. The Bertz CT molecular complexity index is 750. The van der Waals surface area contributed by atoms with Crippen LogP contribution in [0.25, 0.3) is 0 Å². The zero-order chi connectivity index (χ0) is 18.3. The number of benzene rings is 2. The molecule has 0 spiro atoms. The van der Waals surface area contributed by atoms with Crippen LogP contribution in [-0.2, 0) is 9.53 Å². The highest BCUT2D eigenvalue weighted by Crippen LogP contribution is 2.15. The maximum absolute atomic E-state index is 13.0. The Balaban J connectivity index is 0.000000272. The van der Waals surface area contributed by atoms with Gasteiger partial charge in [0.15, 0.2) is 0 Å². The van der Waals surface area contributed by atoms with Crippen LogP contribution in [0, 0.1) is 23.3 Å². The minimum atomic E-state index is -1.15. The maximum Gasteiger partial charge on any atom is 0.379 e. The van der Waals surface area contributed by atoms with Crippen LogP contribution in [0.5, 0.6) is 0 Å². The summed E-state index contributed by atoms with van der Waals surface area (Å²) in [6, 6.07) is 5.67. The summed E-state index contributed by atoms with van der Waals surface area (Å²) in [6.07, 6.45) is 0. The van der Waals surface area contributed by atoms with Gasteiger partial charge in [-0.15, -0.1) is 0 Å². The van der Waals surface area contributed by atoms with E-state index < -0.39 is 40.6 Å². The summed E-state index contributed by atoms with van der Waals surface area (Å²) in [5.41, 5.74) is -0.491. The lowest BCUT2D eigenvalue weighted by Crippen LogP contribution is -2.18. The number of carbonyl (C=O) groups excluding carboxylic acids is 2. The third-order valence-electron chi connectivity index (χ3n) is 2.52. The molecule has 0 unspecified atom stereocenters. The second kappa shape index (κ2) is 9.17. The first kappa shape index (κ1) is 19.8. The fourth-order valence-electron chi connectivity index (χ4n) is 1.45. The van der Waals surface area contributed by atoms with Crippen molar-refractivity contribution >= 4 is 27.7 Å². The normalized spacial score (nSPS) is 9.75. The predicted octanol–water partition coefficient (Wildman–Crippen LogP) is 4.44. The maximum atomic E-state index is 13.0. The van der Waals surface area contributed by atoms with Crippen LogP contribution in [0.4, 0.5) is 17.6 Å². The summed E-state index contributed by atoms with van der Waals surface area (Å²) >= 11 is 2.89. The van der Waals surface area contributed by atoms with E-state index in [0.717, 1.165) is 18.2 Å². The summed E-state index contributed by atoms with van der Waals surface area (Å²) in [7, 11) is 0. The van der Waals surface area contributed by atoms with Gasteiger partial charge in [-0.2, -0.15) is 0 Å². The molecule has 0 saturated heterocycles. The molecule has 0 bridgehead atoms. The number of ketones is 1. The van der Waals surface area contributed by atoms with Gasteiger partial charge in [-0.1, -0.05) is 0 Å². The molecule has 2 aromatic carbocycles. The molecular formula is C16H11BrF4O3. The average molecular weight is 407 g/mol. The first-order valence-electron chi connectivity index (χ1n) is 6.53. The molecule has 0 aliphatic heterocycles. The van der Waals surface area contributed by atoms with Gasteiger partial charge < -0.3 is 4.74 Å². The van der Waals surface area contributed by atoms with Gasteiger partial charge >= 0.3 is 5.97 Å². The lowest BCUT2D eigenvalue weighted by atomic mass is 10.1.